The van der Waals surface area contributed by atoms with E-state index in [1.165, 1.54) is 24.8 Å². The van der Waals surface area contributed by atoms with Gasteiger partial charge < -0.3 is 10.6 Å². The summed E-state index contributed by atoms with van der Waals surface area (Å²) in [6, 6.07) is 5.98. The summed E-state index contributed by atoms with van der Waals surface area (Å²) in [5, 5.41) is 6.25. The number of hydrogen-bond donors (Lipinski definition) is 2. The molecule has 1 aromatic carbocycles. The van der Waals surface area contributed by atoms with Crippen LogP contribution in [0.25, 0.3) is 5.69 Å². The number of amides is 1. The Morgan fingerprint density at radius 3 is 2.75 bits per heavy atom. The zero-order valence-electron chi connectivity index (χ0n) is 13.1. The van der Waals surface area contributed by atoms with Gasteiger partial charge >= 0.3 is 0 Å². The van der Waals surface area contributed by atoms with Crippen LogP contribution in [0.1, 0.15) is 23.3 Å². The van der Waals surface area contributed by atoms with Crippen molar-refractivity contribution < 1.29 is 9.18 Å². The molecule has 8 heteroatoms. The fraction of sp³-hybridized carbons (Fsp3) is 0.375. The van der Waals surface area contributed by atoms with Crippen LogP contribution in [-0.4, -0.2) is 35.1 Å². The normalized spacial score (nSPS) is 16.1. The minimum Gasteiger partial charge on any atom is -0.351 e. The number of nitrogens with one attached hydrogen (secondary N) is 2. The van der Waals surface area contributed by atoms with E-state index in [0.717, 1.165) is 19.5 Å². The van der Waals surface area contributed by atoms with Crippen LogP contribution in [0.2, 0.25) is 0 Å². The second-order valence-electron chi connectivity index (χ2n) is 5.53. The number of halogens is 3. The first kappa shape index (κ1) is 20.4. The van der Waals surface area contributed by atoms with Crippen molar-refractivity contribution in [3.63, 3.8) is 0 Å². The summed E-state index contributed by atoms with van der Waals surface area (Å²) in [6.45, 7) is 2.75. The molecule has 0 spiro atoms. The number of hydrogen-bond acceptors (Lipinski definition) is 3. The van der Waals surface area contributed by atoms with Crippen LogP contribution >= 0.6 is 24.8 Å². The fourth-order valence-electron chi connectivity index (χ4n) is 2.71. The van der Waals surface area contributed by atoms with E-state index in [2.05, 4.69) is 15.6 Å². The van der Waals surface area contributed by atoms with E-state index in [1.54, 1.807) is 23.0 Å². The van der Waals surface area contributed by atoms with Gasteiger partial charge in [-0.15, -0.1) is 24.8 Å². The SMILES string of the molecule is Cl.Cl.O=C(NCCC1CCNC1)c1cncn1-c1ccc(F)cc1. The second kappa shape index (κ2) is 9.61. The van der Waals surface area contributed by atoms with Crippen LogP contribution in [0.5, 0.6) is 0 Å². The Kier molecular flexibility index (Phi) is 8.18. The minimum absolute atomic E-state index is 0. The molecule has 0 radical (unpaired) electrons. The van der Waals surface area contributed by atoms with E-state index in [4.69, 9.17) is 0 Å². The standard InChI is InChI=1S/C16H19FN4O.2ClH/c17-13-1-3-14(4-2-13)21-11-19-10-15(21)16(22)20-8-6-12-5-7-18-9-12;;/h1-4,10-12,18H,5-9H2,(H,20,22);2*1H. The van der Waals surface area contributed by atoms with Gasteiger partial charge in [-0.3, -0.25) is 9.36 Å². The molecule has 1 amide bonds. The van der Waals surface area contributed by atoms with Crippen LogP contribution in [0.4, 0.5) is 4.39 Å². The van der Waals surface area contributed by atoms with Crippen molar-refractivity contribution in [3.8, 4) is 5.69 Å². The van der Waals surface area contributed by atoms with Gasteiger partial charge in [0.2, 0.25) is 0 Å². The van der Waals surface area contributed by atoms with E-state index in [9.17, 15) is 9.18 Å². The van der Waals surface area contributed by atoms with Crippen molar-refractivity contribution in [1.82, 2.24) is 20.2 Å². The monoisotopic (exact) mass is 374 g/mol. The first-order chi connectivity index (χ1) is 10.7. The van der Waals surface area contributed by atoms with Gasteiger partial charge in [0.15, 0.2) is 0 Å². The Morgan fingerprint density at radius 2 is 2.08 bits per heavy atom. The van der Waals surface area contributed by atoms with Gasteiger partial charge in [0, 0.05) is 12.2 Å². The Hall–Kier alpha value is -1.63. The van der Waals surface area contributed by atoms with Gasteiger partial charge in [0.1, 0.15) is 11.5 Å². The van der Waals surface area contributed by atoms with Crippen molar-refractivity contribution in [2.24, 2.45) is 5.92 Å². The number of rotatable bonds is 5. The zero-order chi connectivity index (χ0) is 15.4. The van der Waals surface area contributed by atoms with Gasteiger partial charge in [0.05, 0.1) is 12.5 Å². The van der Waals surface area contributed by atoms with Gasteiger partial charge in [-0.05, 0) is 56.1 Å². The summed E-state index contributed by atoms with van der Waals surface area (Å²) in [4.78, 5) is 16.3. The van der Waals surface area contributed by atoms with Crippen molar-refractivity contribution in [3.05, 3.63) is 48.3 Å². The van der Waals surface area contributed by atoms with Crippen molar-refractivity contribution in [2.45, 2.75) is 12.8 Å². The molecule has 132 valence electrons. The molecule has 1 aliphatic heterocycles. The Morgan fingerprint density at radius 1 is 1.33 bits per heavy atom. The quantitative estimate of drug-likeness (QED) is 0.845. The maximum Gasteiger partial charge on any atom is 0.269 e. The highest BCUT2D eigenvalue weighted by molar-refractivity contribution is 5.92. The molecule has 2 N–H and O–H groups in total. The maximum atomic E-state index is 13.0. The number of imidazole rings is 1. The minimum atomic E-state index is -0.306. The van der Waals surface area contributed by atoms with Crippen LogP contribution in [0.3, 0.4) is 0 Å². The highest BCUT2D eigenvalue weighted by Crippen LogP contribution is 2.13. The van der Waals surface area contributed by atoms with Crippen molar-refractivity contribution in [1.29, 1.82) is 0 Å². The van der Waals surface area contributed by atoms with Gasteiger partial charge in [-0.1, -0.05) is 0 Å². The summed E-state index contributed by atoms with van der Waals surface area (Å²) >= 11 is 0. The smallest absolute Gasteiger partial charge is 0.269 e. The summed E-state index contributed by atoms with van der Waals surface area (Å²) in [6.07, 6.45) is 5.23. The number of benzene rings is 1. The summed E-state index contributed by atoms with van der Waals surface area (Å²) in [5.41, 5.74) is 1.17. The molecule has 0 bridgehead atoms. The molecular weight excluding hydrogens is 354 g/mol. The maximum absolute atomic E-state index is 13.0. The molecule has 1 aromatic heterocycles. The average Bonchev–Trinajstić information content (AvgIpc) is 3.19. The molecule has 5 nitrogen and oxygen atoms in total. The average molecular weight is 375 g/mol. The van der Waals surface area contributed by atoms with E-state index >= 15 is 0 Å². The van der Waals surface area contributed by atoms with Gasteiger partial charge in [-0.25, -0.2) is 9.37 Å². The zero-order valence-corrected chi connectivity index (χ0v) is 14.7. The number of carbonyl (C=O) groups is 1. The van der Waals surface area contributed by atoms with Crippen LogP contribution in [0, 0.1) is 11.7 Å². The summed E-state index contributed by atoms with van der Waals surface area (Å²) < 4.78 is 14.7. The van der Waals surface area contributed by atoms with E-state index in [-0.39, 0.29) is 36.5 Å². The number of nitrogens with zero attached hydrogens (tertiary/aromatic N) is 2. The molecule has 0 aliphatic carbocycles. The van der Waals surface area contributed by atoms with Crippen molar-refractivity contribution >= 4 is 30.7 Å². The molecule has 1 aliphatic rings. The van der Waals surface area contributed by atoms with Crippen LogP contribution in [0.15, 0.2) is 36.8 Å². The Balaban J connectivity index is 0.00000144. The molecule has 0 saturated carbocycles. The summed E-state index contributed by atoms with van der Waals surface area (Å²) in [7, 11) is 0. The number of aromatic nitrogens is 2. The molecule has 2 heterocycles. The predicted octanol–water partition coefficient (Wildman–Crippen LogP) is 2.58. The van der Waals surface area contributed by atoms with Gasteiger partial charge in [0.25, 0.3) is 5.91 Å². The molecule has 24 heavy (non-hydrogen) atoms. The second-order valence-corrected chi connectivity index (χ2v) is 5.53. The molecule has 1 saturated heterocycles. The first-order valence-electron chi connectivity index (χ1n) is 7.51. The van der Waals surface area contributed by atoms with Gasteiger partial charge in [-0.2, -0.15) is 0 Å². The molecule has 1 fully saturated rings. The summed E-state index contributed by atoms with van der Waals surface area (Å²) in [5.74, 6) is 0.176. The highest BCUT2D eigenvalue weighted by Gasteiger charge is 2.16. The largest absolute Gasteiger partial charge is 0.351 e. The fourth-order valence-corrected chi connectivity index (χ4v) is 2.71. The van der Waals surface area contributed by atoms with Crippen molar-refractivity contribution in [2.75, 3.05) is 19.6 Å². The van der Waals surface area contributed by atoms with Crippen LogP contribution < -0.4 is 10.6 Å². The lowest BCUT2D eigenvalue weighted by Crippen LogP contribution is -2.28. The molecule has 1 atom stereocenters. The third kappa shape index (κ3) is 4.93. The Bertz CT molecular complexity index is 642. The third-order valence-electron chi connectivity index (χ3n) is 3.98. The highest BCUT2D eigenvalue weighted by atomic mass is 35.5. The first-order valence-corrected chi connectivity index (χ1v) is 7.51. The lowest BCUT2D eigenvalue weighted by molar-refractivity contribution is 0.0945. The third-order valence-corrected chi connectivity index (χ3v) is 3.98. The van der Waals surface area contributed by atoms with E-state index in [1.807, 2.05) is 0 Å². The van der Waals surface area contributed by atoms with E-state index < -0.39 is 0 Å². The number of carbonyl (C=O) groups excluding carboxylic acids is 1. The van der Waals surface area contributed by atoms with Crippen LogP contribution in [-0.2, 0) is 0 Å². The molecular formula is C16H21Cl2FN4O. The lowest BCUT2D eigenvalue weighted by atomic mass is 10.1. The molecule has 3 rings (SSSR count). The lowest BCUT2D eigenvalue weighted by Gasteiger charge is -2.11. The van der Waals surface area contributed by atoms with E-state index in [0.29, 0.717) is 23.8 Å². The predicted molar refractivity (Wildman–Crippen MR) is 95.9 cm³/mol. The molecule has 2 aromatic rings. The molecule has 1 unspecified atom stereocenters. The Labute approximate surface area is 152 Å². The topological polar surface area (TPSA) is 59.0 Å².